The molecular weight excluding hydrogens is 476 g/mol. The number of rotatable bonds is 15. The Kier molecular flexibility index (Phi) is 16.4. The minimum Gasteiger partial charge on any atom is -0.360 e. The first kappa shape index (κ1) is 33.8. The van der Waals surface area contributed by atoms with Gasteiger partial charge in [-0.2, -0.15) is 0 Å². The lowest BCUT2D eigenvalue weighted by atomic mass is 10.0. The molecule has 2 atom stereocenters. The summed E-state index contributed by atoms with van der Waals surface area (Å²) in [6.45, 7) is 16.9. The molecule has 2 heteroatoms. The molecule has 0 aromatic carbocycles. The Morgan fingerprint density at radius 1 is 0.744 bits per heavy atom. The highest BCUT2D eigenvalue weighted by Crippen LogP contribution is 2.30. The molecule has 0 aliphatic carbocycles. The predicted molar refractivity (Wildman–Crippen MR) is 172 cm³/mol. The fourth-order valence-corrected chi connectivity index (χ4v) is 3.81. The molecule has 0 saturated heterocycles. The summed E-state index contributed by atoms with van der Waals surface area (Å²) >= 11 is 0. The minimum atomic E-state index is -0.347. The molecule has 0 N–H and O–H groups in total. The first-order valence-corrected chi connectivity index (χ1v) is 14.0. The number of ether oxygens (including phenoxy) is 1. The van der Waals surface area contributed by atoms with Crippen LogP contribution < -0.4 is 0 Å². The van der Waals surface area contributed by atoms with Gasteiger partial charge < -0.3 is 9.53 Å². The van der Waals surface area contributed by atoms with E-state index in [1.807, 2.05) is 6.92 Å². The van der Waals surface area contributed by atoms with E-state index in [4.69, 9.17) is 4.74 Å². The first-order valence-electron chi connectivity index (χ1n) is 14.0. The number of carbonyl (C=O) groups excluding carboxylic acids is 1. The van der Waals surface area contributed by atoms with E-state index < -0.39 is 0 Å². The van der Waals surface area contributed by atoms with Gasteiger partial charge in [-0.3, -0.25) is 0 Å². The topological polar surface area (TPSA) is 26.3 Å². The third-order valence-corrected chi connectivity index (χ3v) is 6.32. The Labute approximate surface area is 239 Å². The summed E-state index contributed by atoms with van der Waals surface area (Å²) in [5, 5.41) is 0. The van der Waals surface area contributed by atoms with Crippen LogP contribution in [0.25, 0.3) is 0 Å². The van der Waals surface area contributed by atoms with Gasteiger partial charge in [-0.1, -0.05) is 125 Å². The van der Waals surface area contributed by atoms with Gasteiger partial charge in [0.1, 0.15) is 6.29 Å². The van der Waals surface area contributed by atoms with Crippen molar-refractivity contribution < 1.29 is 9.53 Å². The molecule has 0 saturated carbocycles. The Morgan fingerprint density at radius 3 is 1.85 bits per heavy atom. The maximum atomic E-state index is 10.7. The molecule has 1 aliphatic heterocycles. The Morgan fingerprint density at radius 2 is 1.28 bits per heavy atom. The van der Waals surface area contributed by atoms with Crippen LogP contribution in [0, 0.1) is 0 Å². The van der Waals surface area contributed by atoms with Crippen molar-refractivity contribution >= 4 is 6.29 Å². The highest BCUT2D eigenvalue weighted by Gasteiger charge is 2.30. The van der Waals surface area contributed by atoms with Crippen molar-refractivity contribution in [3.63, 3.8) is 0 Å². The van der Waals surface area contributed by atoms with E-state index in [1.165, 1.54) is 27.9 Å². The lowest BCUT2D eigenvalue weighted by molar-refractivity contribution is -0.109. The fourth-order valence-electron chi connectivity index (χ4n) is 3.81. The largest absolute Gasteiger partial charge is 0.360 e. The molecule has 0 fully saturated rings. The van der Waals surface area contributed by atoms with Gasteiger partial charge in [-0.15, -0.1) is 0 Å². The summed E-state index contributed by atoms with van der Waals surface area (Å²) in [5.74, 6) is 0. The van der Waals surface area contributed by atoms with E-state index in [9.17, 15) is 4.79 Å². The van der Waals surface area contributed by atoms with Crippen LogP contribution in [0.1, 0.15) is 81.1 Å². The zero-order valence-corrected chi connectivity index (χ0v) is 25.5. The van der Waals surface area contributed by atoms with Crippen molar-refractivity contribution in [2.45, 2.75) is 92.8 Å². The second-order valence-electron chi connectivity index (χ2n) is 10.9. The lowest BCUT2D eigenvalue weighted by Crippen LogP contribution is -2.26. The second kappa shape index (κ2) is 18.9. The SMILES string of the molecule is CC(C)=CCCC(C)=CC=CC(C)=CC=CC(C)=CC=CC=C(C)C=CC=C(C)C1C=CC(C)(CCC=O)O1. The summed E-state index contributed by atoms with van der Waals surface area (Å²) in [6, 6.07) is 0. The first-order chi connectivity index (χ1) is 18.5. The van der Waals surface area contributed by atoms with Gasteiger partial charge in [-0.05, 0) is 80.2 Å². The van der Waals surface area contributed by atoms with Crippen molar-refractivity contribution in [3.05, 3.63) is 131 Å². The maximum absolute atomic E-state index is 10.7. The van der Waals surface area contributed by atoms with Gasteiger partial charge in [0.05, 0.1) is 11.7 Å². The van der Waals surface area contributed by atoms with Crippen molar-refractivity contribution in [1.29, 1.82) is 0 Å². The maximum Gasteiger partial charge on any atom is 0.120 e. The van der Waals surface area contributed by atoms with Crippen LogP contribution in [0.3, 0.4) is 0 Å². The van der Waals surface area contributed by atoms with Crippen LogP contribution >= 0.6 is 0 Å². The van der Waals surface area contributed by atoms with Gasteiger partial charge in [0.25, 0.3) is 0 Å². The van der Waals surface area contributed by atoms with Gasteiger partial charge in [-0.25, -0.2) is 0 Å². The van der Waals surface area contributed by atoms with Gasteiger partial charge in [0.2, 0.25) is 0 Å². The Balaban J connectivity index is 2.52. The third-order valence-electron chi connectivity index (χ3n) is 6.32. The molecule has 1 aliphatic rings. The van der Waals surface area contributed by atoms with Gasteiger partial charge >= 0.3 is 0 Å². The summed E-state index contributed by atoms with van der Waals surface area (Å²) in [6.07, 6.45) is 38.2. The lowest BCUT2D eigenvalue weighted by Gasteiger charge is -2.24. The van der Waals surface area contributed by atoms with Crippen molar-refractivity contribution in [1.82, 2.24) is 0 Å². The molecule has 39 heavy (non-hydrogen) atoms. The zero-order chi connectivity index (χ0) is 29.1. The molecular formula is C37H50O2. The summed E-state index contributed by atoms with van der Waals surface area (Å²) in [4.78, 5) is 10.7. The molecule has 0 aromatic rings. The van der Waals surface area contributed by atoms with Crippen LogP contribution in [0.4, 0.5) is 0 Å². The molecule has 1 heterocycles. The van der Waals surface area contributed by atoms with Crippen molar-refractivity contribution in [2.75, 3.05) is 0 Å². The minimum absolute atomic E-state index is 0.0324. The van der Waals surface area contributed by atoms with E-state index in [0.29, 0.717) is 12.8 Å². The molecule has 0 amide bonds. The summed E-state index contributed by atoms with van der Waals surface area (Å²) in [5.41, 5.74) is 7.16. The van der Waals surface area contributed by atoms with E-state index >= 15 is 0 Å². The van der Waals surface area contributed by atoms with Crippen LogP contribution in [0.15, 0.2) is 131 Å². The predicted octanol–water partition coefficient (Wildman–Crippen LogP) is 10.4. The summed E-state index contributed by atoms with van der Waals surface area (Å²) in [7, 11) is 0. The molecule has 1 rings (SSSR count). The number of aldehydes is 1. The zero-order valence-electron chi connectivity index (χ0n) is 25.5. The molecule has 210 valence electrons. The smallest absolute Gasteiger partial charge is 0.120 e. The van der Waals surface area contributed by atoms with Gasteiger partial charge in [0, 0.05) is 6.42 Å². The molecule has 2 nitrogen and oxygen atoms in total. The monoisotopic (exact) mass is 526 g/mol. The van der Waals surface area contributed by atoms with E-state index in [2.05, 4.69) is 146 Å². The van der Waals surface area contributed by atoms with E-state index in [1.54, 1.807) is 0 Å². The number of hydrogen-bond donors (Lipinski definition) is 0. The Bertz CT molecular complexity index is 1120. The van der Waals surface area contributed by atoms with Crippen LogP contribution in [-0.4, -0.2) is 18.0 Å². The number of hydrogen-bond acceptors (Lipinski definition) is 2. The van der Waals surface area contributed by atoms with Crippen molar-refractivity contribution in [2.24, 2.45) is 0 Å². The van der Waals surface area contributed by atoms with Crippen molar-refractivity contribution in [3.8, 4) is 0 Å². The third kappa shape index (κ3) is 16.4. The summed E-state index contributed by atoms with van der Waals surface area (Å²) < 4.78 is 6.14. The van der Waals surface area contributed by atoms with Crippen LogP contribution in [0.5, 0.6) is 0 Å². The highest BCUT2D eigenvalue weighted by atomic mass is 16.5. The molecule has 0 aromatic heterocycles. The highest BCUT2D eigenvalue weighted by molar-refractivity contribution is 5.49. The number of allylic oxidation sites excluding steroid dienone is 19. The van der Waals surface area contributed by atoms with E-state index in [-0.39, 0.29) is 11.7 Å². The quantitative estimate of drug-likeness (QED) is 0.120. The molecule has 2 unspecified atom stereocenters. The van der Waals surface area contributed by atoms with Gasteiger partial charge in [0.15, 0.2) is 0 Å². The van der Waals surface area contributed by atoms with E-state index in [0.717, 1.165) is 24.7 Å². The molecule has 0 bridgehead atoms. The molecule has 0 radical (unpaired) electrons. The average molecular weight is 527 g/mol. The fraction of sp³-hybridized carbons (Fsp3) is 0.378. The number of carbonyl (C=O) groups is 1. The van der Waals surface area contributed by atoms with Crippen LogP contribution in [0.2, 0.25) is 0 Å². The standard InChI is InChI=1S/C37H50O2/c1-30(2)16-11-19-33(5)21-13-23-34(6)22-12-20-31(3)17-9-10-18-32(4)24-14-25-35(7)36-26-28-37(8,39-36)27-15-29-38/h9-10,12-14,16-18,20-26,28-29,36H,11,15,19,27H2,1-8H3. The average Bonchev–Trinajstić information content (AvgIpc) is 3.27. The normalized spacial score (nSPS) is 21.8. The molecule has 0 spiro atoms. The Hall–Kier alpha value is -3.23. The van der Waals surface area contributed by atoms with Crippen LogP contribution in [-0.2, 0) is 9.53 Å². The second-order valence-corrected chi connectivity index (χ2v) is 10.9.